The minimum atomic E-state index is -0.625. The van der Waals surface area contributed by atoms with Crippen molar-refractivity contribution in [3.05, 3.63) is 47.2 Å². The van der Waals surface area contributed by atoms with Crippen molar-refractivity contribution in [2.24, 2.45) is 34.3 Å². The molecule has 1 saturated carbocycles. The fourth-order valence-corrected chi connectivity index (χ4v) is 6.24. The molecule has 0 bridgehead atoms. The van der Waals surface area contributed by atoms with Crippen LogP contribution in [0.25, 0.3) is 0 Å². The van der Waals surface area contributed by atoms with E-state index < -0.39 is 6.23 Å². The number of allylic oxidation sites excluding steroid dienone is 5. The van der Waals surface area contributed by atoms with Crippen LogP contribution in [0.15, 0.2) is 47.2 Å². The lowest BCUT2D eigenvalue weighted by Gasteiger charge is -2.52. The van der Waals surface area contributed by atoms with E-state index in [0.717, 1.165) is 37.9 Å². The van der Waals surface area contributed by atoms with Crippen LogP contribution in [0.5, 0.6) is 0 Å². The SMILES string of the molecule is CC1=CC2C(C=C1CC1CCC(C(O)NCC3C=C(N)C=CC3)O1)C(C)(C)CCC2(C)C. The van der Waals surface area contributed by atoms with Crippen LogP contribution in [-0.2, 0) is 4.74 Å². The summed E-state index contributed by atoms with van der Waals surface area (Å²) in [5.74, 6) is 1.55. The van der Waals surface area contributed by atoms with Crippen molar-refractivity contribution in [1.82, 2.24) is 5.32 Å². The predicted octanol–water partition coefficient (Wildman–Crippen LogP) is 5.22. The zero-order valence-corrected chi connectivity index (χ0v) is 20.7. The molecular weight excluding hydrogens is 396 g/mol. The normalized spacial score (nSPS) is 36.7. The van der Waals surface area contributed by atoms with Gasteiger partial charge in [-0.3, -0.25) is 5.32 Å². The van der Waals surface area contributed by atoms with Crippen LogP contribution in [0.1, 0.15) is 73.1 Å². The molecule has 2 fully saturated rings. The van der Waals surface area contributed by atoms with Gasteiger partial charge in [-0.25, -0.2) is 0 Å². The number of aliphatic hydroxyl groups is 1. The fourth-order valence-electron chi connectivity index (χ4n) is 6.24. The number of ether oxygens (including phenoxy) is 1. The zero-order chi connectivity index (χ0) is 23.1. The first-order chi connectivity index (χ1) is 15.0. The van der Waals surface area contributed by atoms with Gasteiger partial charge in [0.05, 0.1) is 12.2 Å². The smallest absolute Gasteiger partial charge is 0.131 e. The number of fused-ring (bicyclic) bond motifs is 1. The Morgan fingerprint density at radius 2 is 1.78 bits per heavy atom. The molecule has 0 radical (unpaired) electrons. The zero-order valence-electron chi connectivity index (χ0n) is 20.7. The summed E-state index contributed by atoms with van der Waals surface area (Å²) in [6.45, 7) is 12.8. The third-order valence-corrected chi connectivity index (χ3v) is 8.63. The fraction of sp³-hybridized carbons (Fsp3) is 0.714. The molecule has 1 saturated heterocycles. The van der Waals surface area contributed by atoms with Gasteiger partial charge in [0.2, 0.25) is 0 Å². The van der Waals surface area contributed by atoms with Crippen molar-refractivity contribution in [1.29, 1.82) is 0 Å². The summed E-state index contributed by atoms with van der Waals surface area (Å²) in [6.07, 6.45) is 17.1. The Balaban J connectivity index is 1.33. The molecule has 6 atom stereocenters. The van der Waals surface area contributed by atoms with E-state index >= 15 is 0 Å². The molecular formula is C28H44N2O2. The summed E-state index contributed by atoms with van der Waals surface area (Å²) in [6, 6.07) is 0. The van der Waals surface area contributed by atoms with E-state index in [4.69, 9.17) is 10.5 Å². The van der Waals surface area contributed by atoms with Crippen molar-refractivity contribution in [3.8, 4) is 0 Å². The van der Waals surface area contributed by atoms with Crippen molar-refractivity contribution in [2.75, 3.05) is 6.54 Å². The second-order valence-electron chi connectivity index (χ2n) is 12.1. The van der Waals surface area contributed by atoms with Gasteiger partial charge < -0.3 is 15.6 Å². The molecule has 4 rings (SSSR count). The maximum Gasteiger partial charge on any atom is 0.131 e. The van der Waals surface area contributed by atoms with Crippen molar-refractivity contribution in [2.45, 2.75) is 91.6 Å². The molecule has 0 amide bonds. The molecule has 4 N–H and O–H groups in total. The van der Waals surface area contributed by atoms with Gasteiger partial charge in [0.25, 0.3) is 0 Å². The molecule has 32 heavy (non-hydrogen) atoms. The minimum absolute atomic E-state index is 0.133. The van der Waals surface area contributed by atoms with Crippen LogP contribution in [-0.4, -0.2) is 30.1 Å². The van der Waals surface area contributed by atoms with Crippen LogP contribution in [0, 0.1) is 28.6 Å². The Labute approximate surface area is 195 Å². The molecule has 3 aliphatic carbocycles. The first-order valence-corrected chi connectivity index (χ1v) is 12.7. The highest BCUT2D eigenvalue weighted by Gasteiger charge is 2.47. The lowest BCUT2D eigenvalue weighted by atomic mass is 9.52. The van der Waals surface area contributed by atoms with Gasteiger partial charge in [-0.15, -0.1) is 0 Å². The highest BCUT2D eigenvalue weighted by molar-refractivity contribution is 5.37. The maximum absolute atomic E-state index is 10.7. The first kappa shape index (κ1) is 23.8. The molecule has 0 spiro atoms. The van der Waals surface area contributed by atoms with Gasteiger partial charge in [-0.1, -0.05) is 57.6 Å². The summed E-state index contributed by atoms with van der Waals surface area (Å²) in [4.78, 5) is 0. The van der Waals surface area contributed by atoms with E-state index in [1.165, 1.54) is 24.0 Å². The van der Waals surface area contributed by atoms with Crippen LogP contribution in [0.4, 0.5) is 0 Å². The van der Waals surface area contributed by atoms with Crippen molar-refractivity contribution in [3.63, 3.8) is 0 Å². The van der Waals surface area contributed by atoms with Crippen molar-refractivity contribution >= 4 is 0 Å². The molecule has 6 unspecified atom stereocenters. The van der Waals surface area contributed by atoms with E-state index in [1.807, 2.05) is 6.08 Å². The summed E-state index contributed by atoms with van der Waals surface area (Å²) >= 11 is 0. The number of rotatable bonds is 6. The number of aliphatic hydroxyl groups excluding tert-OH is 1. The Hall–Kier alpha value is -1.36. The number of nitrogens with two attached hydrogens (primary N) is 1. The Morgan fingerprint density at radius 1 is 1.09 bits per heavy atom. The molecule has 4 nitrogen and oxygen atoms in total. The summed E-state index contributed by atoms with van der Waals surface area (Å²) in [5.41, 5.74) is 10.3. The number of nitrogens with one attached hydrogen (secondary N) is 1. The van der Waals surface area contributed by atoms with Crippen molar-refractivity contribution < 1.29 is 9.84 Å². The summed E-state index contributed by atoms with van der Waals surface area (Å²) in [7, 11) is 0. The Morgan fingerprint density at radius 3 is 2.47 bits per heavy atom. The molecule has 0 aromatic rings. The van der Waals surface area contributed by atoms with Gasteiger partial charge >= 0.3 is 0 Å². The van der Waals surface area contributed by atoms with Crippen LogP contribution in [0.3, 0.4) is 0 Å². The summed E-state index contributed by atoms with van der Waals surface area (Å²) in [5, 5.41) is 13.9. The lowest BCUT2D eigenvalue weighted by Crippen LogP contribution is -2.44. The second-order valence-corrected chi connectivity index (χ2v) is 12.1. The molecule has 4 heteroatoms. The number of hydrogen-bond donors (Lipinski definition) is 3. The van der Waals surface area contributed by atoms with Crippen LogP contribution < -0.4 is 11.1 Å². The third kappa shape index (κ3) is 5.08. The van der Waals surface area contributed by atoms with Gasteiger partial charge in [-0.2, -0.15) is 0 Å². The second kappa shape index (κ2) is 9.12. The Kier molecular flexibility index (Phi) is 6.78. The molecule has 0 aromatic carbocycles. The lowest BCUT2D eigenvalue weighted by molar-refractivity contribution is -0.0479. The van der Waals surface area contributed by atoms with Gasteiger partial charge in [0.1, 0.15) is 6.23 Å². The molecule has 178 valence electrons. The first-order valence-electron chi connectivity index (χ1n) is 12.7. The van der Waals surface area contributed by atoms with E-state index in [2.05, 4.69) is 64.2 Å². The van der Waals surface area contributed by atoms with E-state index in [9.17, 15) is 5.11 Å². The monoisotopic (exact) mass is 440 g/mol. The predicted molar refractivity (Wildman–Crippen MR) is 132 cm³/mol. The molecule has 1 aliphatic heterocycles. The third-order valence-electron chi connectivity index (χ3n) is 8.63. The number of hydrogen-bond acceptors (Lipinski definition) is 4. The van der Waals surface area contributed by atoms with Crippen LogP contribution in [0.2, 0.25) is 0 Å². The highest BCUT2D eigenvalue weighted by atomic mass is 16.5. The van der Waals surface area contributed by atoms with Gasteiger partial charge in [0.15, 0.2) is 0 Å². The molecule has 0 aromatic heterocycles. The van der Waals surface area contributed by atoms with Gasteiger partial charge in [0, 0.05) is 12.2 Å². The largest absolute Gasteiger partial charge is 0.399 e. The summed E-state index contributed by atoms with van der Waals surface area (Å²) < 4.78 is 6.33. The van der Waals surface area contributed by atoms with E-state index in [1.54, 1.807) is 0 Å². The topological polar surface area (TPSA) is 67.5 Å². The maximum atomic E-state index is 10.7. The average Bonchev–Trinajstić information content (AvgIpc) is 3.20. The Bertz CT molecular complexity index is 819. The quantitative estimate of drug-likeness (QED) is 0.496. The van der Waals surface area contributed by atoms with Crippen LogP contribution >= 0.6 is 0 Å². The minimum Gasteiger partial charge on any atom is -0.399 e. The average molecular weight is 441 g/mol. The standard InChI is InChI=1S/C28H44N2O2/c1-18-13-23-24(28(4,5)12-11-27(23,2)3)16-20(18)15-22-9-10-25(32-22)26(31)30-17-19-7-6-8-21(29)14-19/h6,8,13-14,16,19,22-26,30-31H,7,9-12,15,17,29H2,1-5H3. The van der Waals surface area contributed by atoms with Gasteiger partial charge in [-0.05, 0) is 85.7 Å². The highest BCUT2D eigenvalue weighted by Crippen LogP contribution is 2.56. The van der Waals surface area contributed by atoms with E-state index in [-0.39, 0.29) is 12.2 Å². The molecule has 4 aliphatic rings. The van der Waals surface area contributed by atoms with E-state index in [0.29, 0.717) is 28.6 Å². The molecule has 1 heterocycles.